The zero-order valence-electron chi connectivity index (χ0n) is 10.6. The summed E-state index contributed by atoms with van der Waals surface area (Å²) in [7, 11) is 0. The van der Waals surface area contributed by atoms with E-state index in [0.29, 0.717) is 11.6 Å². The third kappa shape index (κ3) is 3.09. The number of anilines is 1. The molecule has 1 aliphatic carbocycles. The Bertz CT molecular complexity index is 444. The van der Waals surface area contributed by atoms with Gasteiger partial charge in [0.25, 0.3) is 5.91 Å². The summed E-state index contributed by atoms with van der Waals surface area (Å²) < 4.78 is 5.13. The number of carbonyl (C=O) groups is 2. The van der Waals surface area contributed by atoms with Crippen LogP contribution in [-0.4, -0.2) is 18.0 Å². The van der Waals surface area contributed by atoms with E-state index in [2.05, 4.69) is 5.32 Å². The monoisotopic (exact) mass is 247 g/mol. The summed E-state index contributed by atoms with van der Waals surface area (Å²) in [5.41, 5.74) is 0.699. The Morgan fingerprint density at radius 1 is 1.33 bits per heavy atom. The summed E-state index contributed by atoms with van der Waals surface area (Å²) in [6.07, 6.45) is 0.108. The molecule has 0 radical (unpaired) electrons. The molecule has 18 heavy (non-hydrogen) atoms. The van der Waals surface area contributed by atoms with E-state index in [1.807, 2.05) is 25.1 Å². The average Bonchev–Trinajstić information content (AvgIpc) is 3.07. The van der Waals surface area contributed by atoms with Gasteiger partial charge >= 0.3 is 5.97 Å². The van der Waals surface area contributed by atoms with Gasteiger partial charge in [-0.1, -0.05) is 25.1 Å². The van der Waals surface area contributed by atoms with E-state index in [-0.39, 0.29) is 17.8 Å². The molecule has 1 N–H and O–H groups in total. The number of esters is 1. The van der Waals surface area contributed by atoms with Crippen LogP contribution in [-0.2, 0) is 14.3 Å². The van der Waals surface area contributed by atoms with Gasteiger partial charge in [-0.05, 0) is 31.4 Å². The SMILES string of the molecule is C[C@H](OC(=O)[C@H]1C[C@H]1C)C(=O)Nc1ccccc1. The maximum atomic E-state index is 11.8. The molecule has 0 spiro atoms. The third-order valence-electron chi connectivity index (χ3n) is 3.12. The second-order valence-corrected chi connectivity index (χ2v) is 4.75. The van der Waals surface area contributed by atoms with Crippen LogP contribution in [0.15, 0.2) is 30.3 Å². The zero-order chi connectivity index (χ0) is 13.1. The fourth-order valence-corrected chi connectivity index (χ4v) is 1.73. The molecule has 96 valence electrons. The Hall–Kier alpha value is -1.84. The number of hydrogen-bond donors (Lipinski definition) is 1. The maximum Gasteiger partial charge on any atom is 0.309 e. The average molecular weight is 247 g/mol. The van der Waals surface area contributed by atoms with E-state index in [4.69, 9.17) is 4.74 Å². The first-order chi connectivity index (χ1) is 8.58. The van der Waals surface area contributed by atoms with Crippen LogP contribution in [0, 0.1) is 11.8 Å². The van der Waals surface area contributed by atoms with Crippen molar-refractivity contribution >= 4 is 17.6 Å². The van der Waals surface area contributed by atoms with Gasteiger partial charge in [0.05, 0.1) is 5.92 Å². The predicted molar refractivity (Wildman–Crippen MR) is 67.9 cm³/mol. The Morgan fingerprint density at radius 3 is 2.50 bits per heavy atom. The molecular formula is C14H17NO3. The fourth-order valence-electron chi connectivity index (χ4n) is 1.73. The summed E-state index contributed by atoms with van der Waals surface area (Å²) in [5.74, 6) is -0.195. The van der Waals surface area contributed by atoms with Crippen molar-refractivity contribution in [3.8, 4) is 0 Å². The predicted octanol–water partition coefficient (Wildman–Crippen LogP) is 2.21. The first kappa shape index (κ1) is 12.6. The van der Waals surface area contributed by atoms with Crippen molar-refractivity contribution in [1.29, 1.82) is 0 Å². The first-order valence-electron chi connectivity index (χ1n) is 6.14. The smallest absolute Gasteiger partial charge is 0.309 e. The van der Waals surface area contributed by atoms with Gasteiger partial charge in [0, 0.05) is 5.69 Å². The largest absolute Gasteiger partial charge is 0.452 e. The number of nitrogens with one attached hydrogen (secondary N) is 1. The number of benzene rings is 1. The molecule has 4 nitrogen and oxygen atoms in total. The molecular weight excluding hydrogens is 230 g/mol. The standard InChI is InChI=1S/C14H17NO3/c1-9-8-12(9)14(17)18-10(2)13(16)15-11-6-4-3-5-7-11/h3-7,9-10,12H,8H2,1-2H3,(H,15,16)/t9-,10+,12+/m1/s1. The topological polar surface area (TPSA) is 55.4 Å². The molecule has 0 bridgehead atoms. The minimum atomic E-state index is -0.759. The van der Waals surface area contributed by atoms with Gasteiger partial charge in [0.1, 0.15) is 0 Å². The van der Waals surface area contributed by atoms with E-state index in [9.17, 15) is 9.59 Å². The molecule has 0 aliphatic heterocycles. The van der Waals surface area contributed by atoms with E-state index in [0.717, 1.165) is 6.42 Å². The summed E-state index contributed by atoms with van der Waals surface area (Å²) in [6.45, 7) is 3.59. The van der Waals surface area contributed by atoms with Gasteiger partial charge in [0.15, 0.2) is 6.10 Å². The number of para-hydroxylation sites is 1. The molecule has 1 amide bonds. The molecule has 0 saturated heterocycles. The molecule has 4 heteroatoms. The highest BCUT2D eigenvalue weighted by molar-refractivity contribution is 5.95. The Labute approximate surface area is 106 Å². The molecule has 1 aromatic carbocycles. The van der Waals surface area contributed by atoms with E-state index < -0.39 is 6.10 Å². The van der Waals surface area contributed by atoms with Crippen molar-refractivity contribution in [1.82, 2.24) is 0 Å². The van der Waals surface area contributed by atoms with Crippen LogP contribution in [0.5, 0.6) is 0 Å². The molecule has 1 aromatic rings. The first-order valence-corrected chi connectivity index (χ1v) is 6.14. The molecule has 1 fully saturated rings. The lowest BCUT2D eigenvalue weighted by atomic mass is 10.3. The number of amides is 1. The third-order valence-corrected chi connectivity index (χ3v) is 3.12. The van der Waals surface area contributed by atoms with Crippen LogP contribution in [0.1, 0.15) is 20.3 Å². The van der Waals surface area contributed by atoms with Crippen molar-refractivity contribution in [2.45, 2.75) is 26.4 Å². The minimum Gasteiger partial charge on any atom is -0.452 e. The second kappa shape index (κ2) is 5.21. The van der Waals surface area contributed by atoms with Crippen LogP contribution in [0.4, 0.5) is 5.69 Å². The Kier molecular flexibility index (Phi) is 3.65. The summed E-state index contributed by atoms with van der Waals surface area (Å²) in [4.78, 5) is 23.4. The van der Waals surface area contributed by atoms with Crippen molar-refractivity contribution in [3.05, 3.63) is 30.3 Å². The van der Waals surface area contributed by atoms with Gasteiger partial charge in [-0.15, -0.1) is 0 Å². The van der Waals surface area contributed by atoms with Gasteiger partial charge < -0.3 is 10.1 Å². The van der Waals surface area contributed by atoms with E-state index in [1.54, 1.807) is 19.1 Å². The number of hydrogen-bond acceptors (Lipinski definition) is 3. The molecule has 1 saturated carbocycles. The highest BCUT2D eigenvalue weighted by atomic mass is 16.5. The van der Waals surface area contributed by atoms with Crippen molar-refractivity contribution in [3.63, 3.8) is 0 Å². The van der Waals surface area contributed by atoms with Crippen molar-refractivity contribution in [2.75, 3.05) is 5.32 Å². The molecule has 0 unspecified atom stereocenters. The molecule has 1 aliphatic rings. The molecule has 0 aromatic heterocycles. The highest BCUT2D eigenvalue weighted by Gasteiger charge is 2.41. The Morgan fingerprint density at radius 2 is 1.94 bits per heavy atom. The van der Waals surface area contributed by atoms with E-state index in [1.165, 1.54) is 0 Å². The van der Waals surface area contributed by atoms with Crippen LogP contribution in [0.2, 0.25) is 0 Å². The van der Waals surface area contributed by atoms with Crippen molar-refractivity contribution in [2.24, 2.45) is 11.8 Å². The number of rotatable bonds is 4. The van der Waals surface area contributed by atoms with Gasteiger partial charge in [-0.3, -0.25) is 9.59 Å². The second-order valence-electron chi connectivity index (χ2n) is 4.75. The quantitative estimate of drug-likeness (QED) is 0.830. The summed E-state index contributed by atoms with van der Waals surface area (Å²) >= 11 is 0. The van der Waals surface area contributed by atoms with Gasteiger partial charge in [-0.2, -0.15) is 0 Å². The lowest BCUT2D eigenvalue weighted by molar-refractivity contribution is -0.154. The van der Waals surface area contributed by atoms with Crippen molar-refractivity contribution < 1.29 is 14.3 Å². The van der Waals surface area contributed by atoms with E-state index >= 15 is 0 Å². The van der Waals surface area contributed by atoms with Gasteiger partial charge in [0.2, 0.25) is 0 Å². The van der Waals surface area contributed by atoms with Crippen LogP contribution >= 0.6 is 0 Å². The van der Waals surface area contributed by atoms with Crippen LogP contribution in [0.25, 0.3) is 0 Å². The lowest BCUT2D eigenvalue weighted by Gasteiger charge is -2.13. The fraction of sp³-hybridized carbons (Fsp3) is 0.429. The zero-order valence-corrected chi connectivity index (χ0v) is 10.6. The van der Waals surface area contributed by atoms with Gasteiger partial charge in [-0.25, -0.2) is 0 Å². The summed E-state index contributed by atoms with van der Waals surface area (Å²) in [6, 6.07) is 9.11. The molecule has 0 heterocycles. The normalized spacial score (nSPS) is 23.0. The summed E-state index contributed by atoms with van der Waals surface area (Å²) in [5, 5.41) is 2.70. The maximum absolute atomic E-state index is 11.8. The highest BCUT2D eigenvalue weighted by Crippen LogP contribution is 2.38. The Balaban J connectivity index is 1.83. The van der Waals surface area contributed by atoms with Crippen LogP contribution in [0.3, 0.4) is 0 Å². The number of ether oxygens (including phenoxy) is 1. The minimum absolute atomic E-state index is 0.0167. The molecule has 3 atom stereocenters. The lowest BCUT2D eigenvalue weighted by Crippen LogP contribution is -2.30. The molecule has 2 rings (SSSR count). The van der Waals surface area contributed by atoms with Crippen LogP contribution < -0.4 is 5.32 Å². The number of carbonyl (C=O) groups excluding carboxylic acids is 2.